The molecule has 1 heterocycles. The monoisotopic (exact) mass is 201 g/mol. The van der Waals surface area contributed by atoms with Gasteiger partial charge in [-0.1, -0.05) is 25.2 Å². The van der Waals surface area contributed by atoms with E-state index in [9.17, 15) is 0 Å². The van der Waals surface area contributed by atoms with Crippen LogP contribution < -0.4 is 10.1 Å². The molecule has 1 aromatic heterocycles. The molecule has 13 heavy (non-hydrogen) atoms. The van der Waals surface area contributed by atoms with Gasteiger partial charge in [-0.25, -0.2) is 0 Å². The van der Waals surface area contributed by atoms with Crippen molar-refractivity contribution in [3.63, 3.8) is 0 Å². The lowest BCUT2D eigenvalue weighted by atomic mass is 10.2. The molecule has 74 valence electrons. The summed E-state index contributed by atoms with van der Waals surface area (Å²) in [6, 6.07) is 0. The molecule has 1 rings (SSSR count). The first-order valence-electron chi connectivity index (χ1n) is 4.29. The molecule has 0 unspecified atom stereocenters. The Morgan fingerprint density at radius 2 is 2.23 bits per heavy atom. The van der Waals surface area contributed by atoms with E-state index in [2.05, 4.69) is 29.4 Å². The second-order valence-electron chi connectivity index (χ2n) is 3.19. The third kappa shape index (κ3) is 3.69. The molecule has 0 radical (unpaired) electrons. The van der Waals surface area contributed by atoms with Crippen LogP contribution in [-0.2, 0) is 6.54 Å². The molecular formula is C8H15N3OS. The SMILES string of the molecule is COc1nnc(CNCC(C)C)s1. The number of nitrogens with zero attached hydrogens (tertiary/aromatic N) is 2. The minimum absolute atomic E-state index is 0.626. The van der Waals surface area contributed by atoms with Gasteiger partial charge in [0.2, 0.25) is 0 Å². The normalized spacial score (nSPS) is 10.8. The Morgan fingerprint density at radius 3 is 2.77 bits per heavy atom. The van der Waals surface area contributed by atoms with Crippen molar-refractivity contribution in [3.05, 3.63) is 5.01 Å². The molecule has 0 fully saturated rings. The second-order valence-corrected chi connectivity index (χ2v) is 4.22. The van der Waals surface area contributed by atoms with E-state index < -0.39 is 0 Å². The lowest BCUT2D eigenvalue weighted by Gasteiger charge is -2.03. The Morgan fingerprint density at radius 1 is 1.46 bits per heavy atom. The van der Waals surface area contributed by atoms with Crippen LogP contribution in [0.5, 0.6) is 5.19 Å². The van der Waals surface area contributed by atoms with Crippen molar-refractivity contribution in [1.29, 1.82) is 0 Å². The highest BCUT2D eigenvalue weighted by Gasteiger charge is 2.02. The van der Waals surface area contributed by atoms with Crippen LogP contribution >= 0.6 is 11.3 Å². The minimum Gasteiger partial charge on any atom is -0.472 e. The number of aromatic nitrogens is 2. The predicted octanol–water partition coefficient (Wildman–Crippen LogP) is 1.29. The lowest BCUT2D eigenvalue weighted by molar-refractivity contribution is 0.407. The molecule has 1 aromatic rings. The summed E-state index contributed by atoms with van der Waals surface area (Å²) < 4.78 is 4.94. The number of nitrogens with one attached hydrogen (secondary N) is 1. The highest BCUT2D eigenvalue weighted by Crippen LogP contribution is 2.16. The summed E-state index contributed by atoms with van der Waals surface area (Å²) in [4.78, 5) is 0. The highest BCUT2D eigenvalue weighted by atomic mass is 32.1. The number of ether oxygens (including phenoxy) is 1. The lowest BCUT2D eigenvalue weighted by Crippen LogP contribution is -2.18. The summed E-state index contributed by atoms with van der Waals surface area (Å²) in [5.74, 6) is 0.662. The van der Waals surface area contributed by atoms with Gasteiger partial charge in [0.25, 0.3) is 5.19 Å². The summed E-state index contributed by atoms with van der Waals surface area (Å²) in [7, 11) is 1.60. The standard InChI is InChI=1S/C8H15N3OS/c1-6(2)4-9-5-7-10-11-8(12-3)13-7/h6,9H,4-5H2,1-3H3. The third-order valence-electron chi connectivity index (χ3n) is 1.45. The maximum absolute atomic E-state index is 4.94. The zero-order valence-electron chi connectivity index (χ0n) is 8.20. The summed E-state index contributed by atoms with van der Waals surface area (Å²) in [6.45, 7) is 6.13. The predicted molar refractivity (Wildman–Crippen MR) is 53.0 cm³/mol. The molecular weight excluding hydrogens is 186 g/mol. The molecule has 0 saturated heterocycles. The fourth-order valence-electron chi connectivity index (χ4n) is 0.860. The molecule has 0 aliphatic rings. The average Bonchev–Trinajstić information content (AvgIpc) is 2.52. The number of methoxy groups -OCH3 is 1. The number of hydrogen-bond acceptors (Lipinski definition) is 5. The molecule has 0 atom stereocenters. The van der Waals surface area contributed by atoms with Crippen molar-refractivity contribution < 1.29 is 4.74 Å². The Kier molecular flexibility index (Phi) is 4.11. The van der Waals surface area contributed by atoms with Crippen molar-refractivity contribution in [2.24, 2.45) is 5.92 Å². The molecule has 0 bridgehead atoms. The summed E-state index contributed by atoms with van der Waals surface area (Å²) in [6.07, 6.45) is 0. The molecule has 0 aliphatic heterocycles. The van der Waals surface area contributed by atoms with Gasteiger partial charge in [0, 0.05) is 6.54 Å². The van der Waals surface area contributed by atoms with Gasteiger partial charge < -0.3 is 10.1 Å². The topological polar surface area (TPSA) is 47.0 Å². The van der Waals surface area contributed by atoms with E-state index >= 15 is 0 Å². The van der Waals surface area contributed by atoms with Crippen molar-refractivity contribution in [3.8, 4) is 5.19 Å². The van der Waals surface area contributed by atoms with Crippen molar-refractivity contribution in [2.45, 2.75) is 20.4 Å². The van der Waals surface area contributed by atoms with E-state index in [4.69, 9.17) is 4.74 Å². The van der Waals surface area contributed by atoms with Gasteiger partial charge in [-0.3, -0.25) is 0 Å². The summed E-state index contributed by atoms with van der Waals surface area (Å²) >= 11 is 1.48. The molecule has 0 amide bonds. The molecule has 1 N–H and O–H groups in total. The first-order chi connectivity index (χ1) is 6.22. The Hall–Kier alpha value is -0.680. The van der Waals surface area contributed by atoms with E-state index in [0.29, 0.717) is 11.1 Å². The van der Waals surface area contributed by atoms with Gasteiger partial charge in [-0.15, -0.1) is 10.2 Å². The van der Waals surface area contributed by atoms with Crippen molar-refractivity contribution in [2.75, 3.05) is 13.7 Å². The van der Waals surface area contributed by atoms with Crippen molar-refractivity contribution >= 4 is 11.3 Å². The van der Waals surface area contributed by atoms with Crippen LogP contribution in [0.1, 0.15) is 18.9 Å². The van der Waals surface area contributed by atoms with Crippen LogP contribution in [0.4, 0.5) is 0 Å². The summed E-state index contributed by atoms with van der Waals surface area (Å²) in [5, 5.41) is 12.7. The fraction of sp³-hybridized carbons (Fsp3) is 0.750. The fourth-order valence-corrected chi connectivity index (χ4v) is 1.48. The minimum atomic E-state index is 0.626. The average molecular weight is 201 g/mol. The van der Waals surface area contributed by atoms with Gasteiger partial charge in [-0.05, 0) is 12.5 Å². The maximum atomic E-state index is 4.94. The van der Waals surface area contributed by atoms with Crippen molar-refractivity contribution in [1.82, 2.24) is 15.5 Å². The maximum Gasteiger partial charge on any atom is 0.293 e. The molecule has 0 aromatic carbocycles. The summed E-state index contributed by atoms with van der Waals surface area (Å²) in [5.41, 5.74) is 0. The van der Waals surface area contributed by atoms with Crippen LogP contribution in [0.25, 0.3) is 0 Å². The Bertz CT molecular complexity index is 249. The van der Waals surface area contributed by atoms with E-state index in [1.54, 1.807) is 7.11 Å². The highest BCUT2D eigenvalue weighted by molar-refractivity contribution is 7.13. The first kappa shape index (κ1) is 10.4. The molecule has 0 spiro atoms. The van der Waals surface area contributed by atoms with E-state index in [0.717, 1.165) is 18.1 Å². The molecule has 5 heteroatoms. The largest absolute Gasteiger partial charge is 0.472 e. The first-order valence-corrected chi connectivity index (χ1v) is 5.11. The third-order valence-corrected chi connectivity index (χ3v) is 2.34. The smallest absolute Gasteiger partial charge is 0.293 e. The Balaban J connectivity index is 2.28. The van der Waals surface area contributed by atoms with E-state index in [1.165, 1.54) is 11.3 Å². The zero-order valence-corrected chi connectivity index (χ0v) is 9.02. The van der Waals surface area contributed by atoms with Gasteiger partial charge in [-0.2, -0.15) is 0 Å². The van der Waals surface area contributed by atoms with E-state index in [1.807, 2.05) is 0 Å². The van der Waals surface area contributed by atoms with Crippen LogP contribution in [0, 0.1) is 5.92 Å². The number of hydrogen-bond donors (Lipinski definition) is 1. The van der Waals surface area contributed by atoms with Crippen LogP contribution in [0.3, 0.4) is 0 Å². The Labute approximate surface area is 82.3 Å². The van der Waals surface area contributed by atoms with Gasteiger partial charge in [0.1, 0.15) is 5.01 Å². The van der Waals surface area contributed by atoms with Crippen LogP contribution in [-0.4, -0.2) is 23.9 Å². The van der Waals surface area contributed by atoms with Gasteiger partial charge in [0.05, 0.1) is 7.11 Å². The molecule has 0 aliphatic carbocycles. The zero-order chi connectivity index (χ0) is 9.68. The van der Waals surface area contributed by atoms with Gasteiger partial charge >= 0.3 is 0 Å². The quantitative estimate of drug-likeness (QED) is 0.780. The van der Waals surface area contributed by atoms with E-state index in [-0.39, 0.29) is 0 Å². The van der Waals surface area contributed by atoms with Crippen LogP contribution in [0.2, 0.25) is 0 Å². The second kappa shape index (κ2) is 5.14. The molecule has 4 nitrogen and oxygen atoms in total. The molecule has 0 saturated carbocycles. The van der Waals surface area contributed by atoms with Gasteiger partial charge in [0.15, 0.2) is 0 Å². The number of rotatable bonds is 5. The van der Waals surface area contributed by atoms with Crippen LogP contribution in [0.15, 0.2) is 0 Å².